The molecule has 1 atom stereocenters. The number of piperidine rings is 1. The molecule has 7 heteroatoms. The van der Waals surface area contributed by atoms with Crippen molar-refractivity contribution in [1.29, 1.82) is 0 Å². The Balaban J connectivity index is 1.35. The fourth-order valence-corrected chi connectivity index (χ4v) is 3.88. The van der Waals surface area contributed by atoms with Crippen molar-refractivity contribution in [3.05, 3.63) is 52.5 Å². The molecular weight excluding hydrogens is 355 g/mol. The maximum absolute atomic E-state index is 12.8. The minimum atomic E-state index is -0.440. The van der Waals surface area contributed by atoms with Gasteiger partial charge in [0, 0.05) is 18.0 Å². The third-order valence-electron chi connectivity index (χ3n) is 4.57. The van der Waals surface area contributed by atoms with Crippen LogP contribution >= 0.6 is 11.3 Å². The largest absolute Gasteiger partial charge is 0.492 e. The number of halogens is 1. The van der Waals surface area contributed by atoms with Crippen LogP contribution in [0.4, 0.5) is 9.18 Å². The molecule has 26 heavy (non-hydrogen) atoms. The number of amides is 2. The molecule has 1 aromatic heterocycles. The van der Waals surface area contributed by atoms with Crippen LogP contribution in [0.3, 0.4) is 0 Å². The number of urea groups is 1. The lowest BCUT2D eigenvalue weighted by molar-refractivity contribution is 0.0689. The van der Waals surface area contributed by atoms with Crippen LogP contribution in [0.5, 0.6) is 5.75 Å². The lowest BCUT2D eigenvalue weighted by Gasteiger charge is -2.34. The summed E-state index contributed by atoms with van der Waals surface area (Å²) in [6.45, 7) is 1.98. The van der Waals surface area contributed by atoms with Gasteiger partial charge in [-0.05, 0) is 54.5 Å². The van der Waals surface area contributed by atoms with Gasteiger partial charge in [0.25, 0.3) is 0 Å². The third kappa shape index (κ3) is 4.95. The van der Waals surface area contributed by atoms with Gasteiger partial charge >= 0.3 is 6.03 Å². The van der Waals surface area contributed by atoms with Gasteiger partial charge in [0.05, 0.1) is 12.6 Å². The normalized spacial score (nSPS) is 16.3. The second-order valence-electron chi connectivity index (χ2n) is 6.32. The highest BCUT2D eigenvalue weighted by atomic mass is 32.1. The Morgan fingerprint density at radius 1 is 1.31 bits per heavy atom. The van der Waals surface area contributed by atoms with Gasteiger partial charge < -0.3 is 20.1 Å². The van der Waals surface area contributed by atoms with Crippen molar-refractivity contribution in [3.63, 3.8) is 0 Å². The second-order valence-corrected chi connectivity index (χ2v) is 7.30. The smallest absolute Gasteiger partial charge is 0.317 e. The number of hydrogen-bond acceptors (Lipinski definition) is 4. The van der Waals surface area contributed by atoms with Gasteiger partial charge in [-0.15, -0.1) is 11.3 Å². The lowest BCUT2D eigenvalue weighted by atomic mass is 9.90. The van der Waals surface area contributed by atoms with Crippen LogP contribution in [-0.4, -0.2) is 42.3 Å². The van der Waals surface area contributed by atoms with Crippen LogP contribution < -0.4 is 10.1 Å². The highest BCUT2D eigenvalue weighted by molar-refractivity contribution is 7.10. The topological polar surface area (TPSA) is 61.8 Å². The summed E-state index contributed by atoms with van der Waals surface area (Å²) in [5, 5.41) is 15.2. The Bertz CT molecular complexity index is 685. The van der Waals surface area contributed by atoms with E-state index in [2.05, 4.69) is 5.32 Å². The molecule has 3 rings (SSSR count). The molecule has 1 fully saturated rings. The molecule has 2 aromatic rings. The van der Waals surface area contributed by atoms with Crippen molar-refractivity contribution in [2.45, 2.75) is 18.9 Å². The van der Waals surface area contributed by atoms with E-state index in [1.54, 1.807) is 28.4 Å². The lowest BCUT2D eigenvalue weighted by Crippen LogP contribution is -2.46. The molecule has 0 spiro atoms. The number of carbonyl (C=O) groups excluding carboxylic acids is 1. The number of aliphatic hydroxyl groups excluding tert-OH is 1. The van der Waals surface area contributed by atoms with Crippen molar-refractivity contribution in [2.24, 2.45) is 5.92 Å². The molecule has 0 aliphatic carbocycles. The number of nitrogens with one attached hydrogen (secondary N) is 1. The van der Waals surface area contributed by atoms with E-state index < -0.39 is 6.10 Å². The van der Waals surface area contributed by atoms with Crippen molar-refractivity contribution in [1.82, 2.24) is 10.2 Å². The van der Waals surface area contributed by atoms with Crippen molar-refractivity contribution < 1.29 is 19.0 Å². The number of likely N-dealkylation sites (tertiary alicyclic amines) is 1. The van der Waals surface area contributed by atoms with Gasteiger partial charge in [-0.3, -0.25) is 0 Å². The number of thiophene rings is 1. The second kappa shape index (κ2) is 9.00. The first kappa shape index (κ1) is 18.7. The molecule has 1 saturated heterocycles. The summed E-state index contributed by atoms with van der Waals surface area (Å²) in [4.78, 5) is 15.0. The average Bonchev–Trinajstić information content (AvgIpc) is 3.21. The van der Waals surface area contributed by atoms with Gasteiger partial charge in [0.2, 0.25) is 0 Å². The molecule has 140 valence electrons. The number of aliphatic hydroxyl groups is 1. The van der Waals surface area contributed by atoms with E-state index in [1.807, 2.05) is 17.5 Å². The van der Waals surface area contributed by atoms with Crippen LogP contribution in [0.25, 0.3) is 0 Å². The number of nitrogens with zero attached hydrogens (tertiary/aromatic N) is 1. The summed E-state index contributed by atoms with van der Waals surface area (Å²) in [5.41, 5.74) is 0. The molecule has 1 aliphatic rings. The van der Waals surface area contributed by atoms with E-state index in [0.29, 0.717) is 32.0 Å². The van der Waals surface area contributed by atoms with Gasteiger partial charge in [-0.25, -0.2) is 9.18 Å². The zero-order valence-corrected chi connectivity index (χ0v) is 15.3. The summed E-state index contributed by atoms with van der Waals surface area (Å²) in [6, 6.07) is 9.57. The highest BCUT2D eigenvalue weighted by Crippen LogP contribution is 2.32. The monoisotopic (exact) mass is 378 g/mol. The van der Waals surface area contributed by atoms with E-state index in [9.17, 15) is 14.3 Å². The maximum Gasteiger partial charge on any atom is 0.317 e. The number of ether oxygens (including phenoxy) is 1. The molecule has 2 amide bonds. The summed E-state index contributed by atoms with van der Waals surface area (Å²) < 4.78 is 18.3. The van der Waals surface area contributed by atoms with Crippen molar-refractivity contribution in [3.8, 4) is 5.75 Å². The van der Waals surface area contributed by atoms with E-state index in [0.717, 1.165) is 17.7 Å². The Labute approximate surface area is 156 Å². The van der Waals surface area contributed by atoms with Gasteiger partial charge in [-0.2, -0.15) is 0 Å². The molecular formula is C19H23FN2O3S. The highest BCUT2D eigenvalue weighted by Gasteiger charge is 2.28. The van der Waals surface area contributed by atoms with Crippen molar-refractivity contribution >= 4 is 17.4 Å². The summed E-state index contributed by atoms with van der Waals surface area (Å²) >= 11 is 1.57. The van der Waals surface area contributed by atoms with Crippen LogP contribution in [-0.2, 0) is 0 Å². The minimum Gasteiger partial charge on any atom is -0.492 e. The van der Waals surface area contributed by atoms with Crippen molar-refractivity contribution in [2.75, 3.05) is 26.2 Å². The Morgan fingerprint density at radius 3 is 2.69 bits per heavy atom. The third-order valence-corrected chi connectivity index (χ3v) is 5.51. The first-order chi connectivity index (χ1) is 12.6. The number of carbonyl (C=O) groups is 1. The van der Waals surface area contributed by atoms with E-state index >= 15 is 0 Å². The zero-order valence-electron chi connectivity index (χ0n) is 14.4. The Morgan fingerprint density at radius 2 is 2.04 bits per heavy atom. The molecule has 1 aromatic carbocycles. The van der Waals surface area contributed by atoms with Crippen LogP contribution in [0, 0.1) is 11.7 Å². The molecule has 0 bridgehead atoms. The number of hydrogen-bond donors (Lipinski definition) is 2. The average molecular weight is 378 g/mol. The first-order valence-electron chi connectivity index (χ1n) is 8.76. The summed E-state index contributed by atoms with van der Waals surface area (Å²) in [5.74, 6) is 0.460. The zero-order chi connectivity index (χ0) is 18.4. The molecule has 2 N–H and O–H groups in total. The standard InChI is InChI=1S/C19H23FN2O3S/c20-15-3-5-16(6-4-15)25-12-9-21-19(24)22-10-7-14(8-11-22)18(23)17-2-1-13-26-17/h1-6,13-14,18,23H,7-12H2,(H,21,24)/t18-/m0/s1. The summed E-state index contributed by atoms with van der Waals surface area (Å²) in [6.07, 6.45) is 1.14. The molecule has 0 saturated carbocycles. The first-order valence-corrected chi connectivity index (χ1v) is 9.64. The van der Waals surface area contributed by atoms with Gasteiger partial charge in [-0.1, -0.05) is 6.07 Å². The minimum absolute atomic E-state index is 0.114. The predicted octanol–water partition coefficient (Wildman–Crippen LogP) is 3.42. The van der Waals surface area contributed by atoms with E-state index in [1.165, 1.54) is 12.1 Å². The molecule has 2 heterocycles. The van der Waals surface area contributed by atoms with Crippen LogP contribution in [0.2, 0.25) is 0 Å². The fraction of sp³-hybridized carbons (Fsp3) is 0.421. The molecule has 5 nitrogen and oxygen atoms in total. The fourth-order valence-electron chi connectivity index (χ4n) is 3.08. The van der Waals surface area contributed by atoms with Crippen LogP contribution in [0.1, 0.15) is 23.8 Å². The molecule has 1 aliphatic heterocycles. The Kier molecular flexibility index (Phi) is 6.46. The number of rotatable bonds is 6. The Hall–Kier alpha value is -2.12. The quantitative estimate of drug-likeness (QED) is 0.757. The number of benzene rings is 1. The van der Waals surface area contributed by atoms with Gasteiger partial charge in [0.15, 0.2) is 0 Å². The molecule has 0 unspecified atom stereocenters. The SMILES string of the molecule is O=C(NCCOc1ccc(F)cc1)N1CCC([C@H](O)c2cccs2)CC1. The molecule has 0 radical (unpaired) electrons. The van der Waals surface area contributed by atoms with Crippen LogP contribution in [0.15, 0.2) is 41.8 Å². The van der Waals surface area contributed by atoms with Gasteiger partial charge in [0.1, 0.15) is 18.2 Å². The van der Waals surface area contributed by atoms with E-state index in [-0.39, 0.29) is 17.8 Å². The van der Waals surface area contributed by atoms with E-state index in [4.69, 9.17) is 4.74 Å². The maximum atomic E-state index is 12.8. The predicted molar refractivity (Wildman–Crippen MR) is 98.9 cm³/mol. The summed E-state index contributed by atoms with van der Waals surface area (Å²) in [7, 11) is 0.